The smallest absolute Gasteiger partial charge is 0.232 e. The lowest BCUT2D eigenvalue weighted by Crippen LogP contribution is -2.48. The minimum atomic E-state index is 0.212. The van der Waals surface area contributed by atoms with Gasteiger partial charge in [-0.25, -0.2) is 0 Å². The molecule has 5 nitrogen and oxygen atoms in total. The van der Waals surface area contributed by atoms with Gasteiger partial charge < -0.3 is 4.90 Å². The first-order valence-electron chi connectivity index (χ1n) is 8.71. The van der Waals surface area contributed by atoms with E-state index < -0.39 is 0 Å². The molecule has 134 valence electrons. The lowest BCUT2D eigenvalue weighted by Gasteiger charge is -2.34. The molecule has 0 aliphatic carbocycles. The zero-order valence-corrected chi connectivity index (χ0v) is 15.5. The van der Waals surface area contributed by atoms with E-state index >= 15 is 0 Å². The Hall–Kier alpha value is -2.36. The van der Waals surface area contributed by atoms with Crippen LogP contribution in [0.3, 0.4) is 0 Å². The van der Waals surface area contributed by atoms with Gasteiger partial charge in [0.15, 0.2) is 0 Å². The number of hydrogen-bond donors (Lipinski definition) is 0. The van der Waals surface area contributed by atoms with Crippen molar-refractivity contribution < 1.29 is 4.79 Å². The molecule has 2 heterocycles. The minimum absolute atomic E-state index is 0.212. The molecule has 1 aliphatic rings. The molecular weight excluding hydrogens is 344 g/mol. The second kappa shape index (κ2) is 9.37. The average Bonchev–Trinajstić information content (AvgIpc) is 2.70. The largest absolute Gasteiger partial charge is 0.339 e. The minimum Gasteiger partial charge on any atom is -0.339 e. The predicted molar refractivity (Wildman–Crippen MR) is 103 cm³/mol. The Morgan fingerprint density at radius 3 is 2.54 bits per heavy atom. The third-order valence-corrected chi connectivity index (χ3v) is 5.37. The second-order valence-corrected chi connectivity index (χ2v) is 7.27. The van der Waals surface area contributed by atoms with Crippen LogP contribution in [0.25, 0.3) is 0 Å². The first-order chi connectivity index (χ1) is 12.7. The quantitative estimate of drug-likeness (QED) is 0.786. The molecular formula is C20H22N4OS. The van der Waals surface area contributed by atoms with Crippen LogP contribution >= 0.6 is 11.8 Å². The maximum Gasteiger partial charge on any atom is 0.232 e. The summed E-state index contributed by atoms with van der Waals surface area (Å²) in [6.07, 6.45) is 1.78. The van der Waals surface area contributed by atoms with Crippen molar-refractivity contribution in [3.05, 3.63) is 65.5 Å². The Balaban J connectivity index is 1.38. The summed E-state index contributed by atoms with van der Waals surface area (Å²) in [5, 5.41) is 8.85. The number of nitriles is 1. The fraction of sp³-hybridized carbons (Fsp3) is 0.350. The molecule has 0 atom stereocenters. The Bertz CT molecular complexity index is 750. The highest BCUT2D eigenvalue weighted by atomic mass is 32.2. The highest BCUT2D eigenvalue weighted by molar-refractivity contribution is 7.99. The van der Waals surface area contributed by atoms with Crippen LogP contribution in [0.5, 0.6) is 0 Å². The van der Waals surface area contributed by atoms with Gasteiger partial charge in [-0.15, -0.1) is 11.8 Å². The number of carbonyl (C=O) groups excluding carboxylic acids is 1. The highest BCUT2D eigenvalue weighted by Crippen LogP contribution is 2.13. The van der Waals surface area contributed by atoms with Crippen molar-refractivity contribution in [3.63, 3.8) is 0 Å². The van der Waals surface area contributed by atoms with E-state index in [1.165, 1.54) is 5.56 Å². The molecule has 0 bridgehead atoms. The molecule has 26 heavy (non-hydrogen) atoms. The Kier molecular flexibility index (Phi) is 6.64. The molecule has 0 spiro atoms. The number of benzene rings is 1. The van der Waals surface area contributed by atoms with Gasteiger partial charge in [0.1, 0.15) is 0 Å². The molecule has 1 fully saturated rings. The first kappa shape index (κ1) is 18.4. The topological polar surface area (TPSA) is 60.2 Å². The van der Waals surface area contributed by atoms with Gasteiger partial charge >= 0.3 is 0 Å². The fourth-order valence-electron chi connectivity index (χ4n) is 2.92. The van der Waals surface area contributed by atoms with Crippen LogP contribution < -0.4 is 0 Å². The summed E-state index contributed by atoms with van der Waals surface area (Å²) in [7, 11) is 0. The fourth-order valence-corrected chi connectivity index (χ4v) is 3.76. The molecule has 2 aromatic rings. The van der Waals surface area contributed by atoms with Crippen molar-refractivity contribution in [2.75, 3.05) is 31.9 Å². The highest BCUT2D eigenvalue weighted by Gasteiger charge is 2.20. The number of rotatable bonds is 6. The standard InChI is InChI=1S/C20H22N4OS/c21-13-17-4-6-18(7-5-17)14-23-9-11-24(12-10-23)20(25)16-26-15-19-3-1-2-8-22-19/h1-8H,9-12,14-16H2. The summed E-state index contributed by atoms with van der Waals surface area (Å²) in [6, 6.07) is 15.7. The van der Waals surface area contributed by atoms with E-state index in [1.54, 1.807) is 18.0 Å². The van der Waals surface area contributed by atoms with Crippen LogP contribution in [0.4, 0.5) is 0 Å². The molecule has 1 saturated heterocycles. The summed E-state index contributed by atoms with van der Waals surface area (Å²) in [4.78, 5) is 21.0. The van der Waals surface area contributed by atoms with Gasteiger partial charge in [-0.2, -0.15) is 5.26 Å². The number of amides is 1. The molecule has 1 aromatic carbocycles. The van der Waals surface area contributed by atoms with E-state index in [1.807, 2.05) is 47.4 Å². The van der Waals surface area contributed by atoms with Crippen LogP contribution in [0.1, 0.15) is 16.8 Å². The lowest BCUT2D eigenvalue weighted by molar-refractivity contribution is -0.130. The van der Waals surface area contributed by atoms with Gasteiger partial charge in [-0.05, 0) is 29.8 Å². The van der Waals surface area contributed by atoms with Crippen molar-refractivity contribution in [3.8, 4) is 6.07 Å². The van der Waals surface area contributed by atoms with E-state index in [9.17, 15) is 4.79 Å². The molecule has 0 radical (unpaired) electrons. The SMILES string of the molecule is N#Cc1ccc(CN2CCN(C(=O)CSCc3ccccn3)CC2)cc1. The van der Waals surface area contributed by atoms with Gasteiger partial charge in [0.2, 0.25) is 5.91 Å². The van der Waals surface area contributed by atoms with Crippen molar-refractivity contribution in [1.29, 1.82) is 5.26 Å². The molecule has 1 amide bonds. The zero-order chi connectivity index (χ0) is 18.2. The third kappa shape index (κ3) is 5.32. The zero-order valence-electron chi connectivity index (χ0n) is 14.7. The van der Waals surface area contributed by atoms with Crippen molar-refractivity contribution in [1.82, 2.24) is 14.8 Å². The molecule has 1 aromatic heterocycles. The molecule has 1 aliphatic heterocycles. The number of hydrogen-bond acceptors (Lipinski definition) is 5. The average molecular weight is 366 g/mol. The number of pyridine rings is 1. The van der Waals surface area contributed by atoms with Crippen molar-refractivity contribution in [2.45, 2.75) is 12.3 Å². The van der Waals surface area contributed by atoms with Crippen LogP contribution in [0.15, 0.2) is 48.7 Å². The number of thioether (sulfide) groups is 1. The predicted octanol–water partition coefficient (Wildman–Crippen LogP) is 2.53. The maximum atomic E-state index is 12.4. The molecule has 0 N–H and O–H groups in total. The summed E-state index contributed by atoms with van der Waals surface area (Å²) in [5.41, 5.74) is 2.90. The summed E-state index contributed by atoms with van der Waals surface area (Å²) >= 11 is 1.62. The number of piperazine rings is 1. The Labute approximate surface area is 158 Å². The van der Waals surface area contributed by atoms with Crippen molar-refractivity contribution >= 4 is 17.7 Å². The lowest BCUT2D eigenvalue weighted by atomic mass is 10.1. The van der Waals surface area contributed by atoms with Gasteiger partial charge in [-0.1, -0.05) is 18.2 Å². The van der Waals surface area contributed by atoms with Gasteiger partial charge in [-0.3, -0.25) is 14.7 Å². The van der Waals surface area contributed by atoms with Gasteiger partial charge in [0.25, 0.3) is 0 Å². The summed E-state index contributed by atoms with van der Waals surface area (Å²) in [5.74, 6) is 1.49. The van der Waals surface area contributed by atoms with E-state index in [4.69, 9.17) is 5.26 Å². The summed E-state index contributed by atoms with van der Waals surface area (Å²) in [6.45, 7) is 4.19. The monoisotopic (exact) mass is 366 g/mol. The first-order valence-corrected chi connectivity index (χ1v) is 9.87. The van der Waals surface area contributed by atoms with Crippen LogP contribution in [0, 0.1) is 11.3 Å². The number of nitrogens with zero attached hydrogens (tertiary/aromatic N) is 4. The van der Waals surface area contributed by atoms with E-state index in [0.717, 1.165) is 44.2 Å². The van der Waals surface area contributed by atoms with Crippen molar-refractivity contribution in [2.24, 2.45) is 0 Å². The van der Waals surface area contributed by atoms with Crippen LogP contribution in [-0.4, -0.2) is 52.6 Å². The van der Waals surface area contributed by atoms with Crippen LogP contribution in [0.2, 0.25) is 0 Å². The van der Waals surface area contributed by atoms with Crippen LogP contribution in [-0.2, 0) is 17.1 Å². The third-order valence-electron chi connectivity index (χ3n) is 4.42. The normalized spacial score (nSPS) is 14.8. The second-order valence-electron chi connectivity index (χ2n) is 6.28. The Morgan fingerprint density at radius 1 is 1.12 bits per heavy atom. The summed E-state index contributed by atoms with van der Waals surface area (Å²) < 4.78 is 0. The van der Waals surface area contributed by atoms with E-state index in [2.05, 4.69) is 16.0 Å². The number of aromatic nitrogens is 1. The Morgan fingerprint density at radius 2 is 1.88 bits per heavy atom. The molecule has 0 saturated carbocycles. The van der Waals surface area contributed by atoms with Gasteiger partial charge in [0, 0.05) is 44.7 Å². The van der Waals surface area contributed by atoms with E-state index in [0.29, 0.717) is 11.3 Å². The molecule has 3 rings (SSSR count). The molecule has 6 heteroatoms. The number of carbonyl (C=O) groups is 1. The maximum absolute atomic E-state index is 12.4. The molecule has 0 unspecified atom stereocenters. The van der Waals surface area contributed by atoms with Gasteiger partial charge in [0.05, 0.1) is 23.1 Å². The van der Waals surface area contributed by atoms with E-state index in [-0.39, 0.29) is 5.91 Å².